The number of amides is 1. The third-order valence-corrected chi connectivity index (χ3v) is 4.00. The smallest absolute Gasteiger partial charge is 0.222 e. The molecule has 4 heteroatoms. The Balaban J connectivity index is 1.96. The molecular weight excluding hydrogens is 220 g/mol. The zero-order chi connectivity index (χ0) is 11.4. The van der Waals surface area contributed by atoms with E-state index in [0.29, 0.717) is 18.4 Å². The highest BCUT2D eigenvalue weighted by Crippen LogP contribution is 2.17. The second-order valence-corrected chi connectivity index (χ2v) is 5.24. The average molecular weight is 238 g/mol. The molecular formula is C12H18N2OS. The van der Waals surface area contributed by atoms with E-state index in [1.807, 2.05) is 18.0 Å². The maximum atomic E-state index is 11.9. The van der Waals surface area contributed by atoms with Crippen LogP contribution in [0.5, 0.6) is 0 Å². The molecule has 1 amide bonds. The molecule has 1 aliphatic rings. The number of nitrogens with zero attached hydrogens (tertiary/aromatic N) is 1. The van der Waals surface area contributed by atoms with Crippen molar-refractivity contribution < 1.29 is 4.79 Å². The van der Waals surface area contributed by atoms with Crippen LogP contribution < -0.4 is 5.32 Å². The van der Waals surface area contributed by atoms with Crippen LogP contribution in [0.1, 0.15) is 24.1 Å². The minimum absolute atomic E-state index is 0.297. The topological polar surface area (TPSA) is 32.3 Å². The van der Waals surface area contributed by atoms with Gasteiger partial charge in [0.2, 0.25) is 5.91 Å². The van der Waals surface area contributed by atoms with E-state index < -0.39 is 0 Å². The van der Waals surface area contributed by atoms with E-state index in [1.54, 1.807) is 11.3 Å². The highest BCUT2D eigenvalue weighted by molar-refractivity contribution is 7.09. The zero-order valence-corrected chi connectivity index (χ0v) is 10.4. The van der Waals surface area contributed by atoms with Crippen molar-refractivity contribution >= 4 is 17.2 Å². The number of carbonyl (C=O) groups is 1. The van der Waals surface area contributed by atoms with Gasteiger partial charge in [-0.2, -0.15) is 0 Å². The number of hydrogen-bond donors (Lipinski definition) is 1. The van der Waals surface area contributed by atoms with Crippen molar-refractivity contribution in [3.8, 4) is 0 Å². The molecule has 1 aromatic rings. The highest BCUT2D eigenvalue weighted by Gasteiger charge is 2.21. The third kappa shape index (κ3) is 2.83. The zero-order valence-electron chi connectivity index (χ0n) is 9.61. The molecule has 1 saturated heterocycles. The molecule has 1 fully saturated rings. The third-order valence-electron chi connectivity index (χ3n) is 3.14. The minimum Gasteiger partial charge on any atom is -0.337 e. The van der Waals surface area contributed by atoms with Crippen LogP contribution in [0.25, 0.3) is 0 Å². The van der Waals surface area contributed by atoms with Crippen molar-refractivity contribution in [1.29, 1.82) is 0 Å². The Bertz CT molecular complexity index is 337. The first-order valence-electron chi connectivity index (χ1n) is 5.77. The lowest BCUT2D eigenvalue weighted by Gasteiger charge is -2.19. The predicted octanol–water partition coefficient (Wildman–Crippen LogP) is 1.85. The van der Waals surface area contributed by atoms with E-state index in [2.05, 4.69) is 16.8 Å². The lowest BCUT2D eigenvalue weighted by molar-refractivity contribution is -0.131. The average Bonchev–Trinajstić information content (AvgIpc) is 2.73. The molecule has 0 spiro atoms. The van der Waals surface area contributed by atoms with Crippen molar-refractivity contribution in [2.24, 2.45) is 0 Å². The fraction of sp³-hybridized carbons (Fsp3) is 0.583. The van der Waals surface area contributed by atoms with E-state index in [9.17, 15) is 4.79 Å². The van der Waals surface area contributed by atoms with Crippen LogP contribution in [0.2, 0.25) is 0 Å². The molecule has 1 N–H and O–H groups in total. The lowest BCUT2D eigenvalue weighted by Crippen LogP contribution is -2.30. The Kier molecular flexibility index (Phi) is 3.96. The van der Waals surface area contributed by atoms with Gasteiger partial charge < -0.3 is 10.2 Å². The summed E-state index contributed by atoms with van der Waals surface area (Å²) in [6.45, 7) is 1.66. The molecule has 0 bridgehead atoms. The summed E-state index contributed by atoms with van der Waals surface area (Å²) >= 11 is 1.72. The van der Waals surface area contributed by atoms with Crippen molar-refractivity contribution in [3.05, 3.63) is 22.4 Å². The quantitative estimate of drug-likeness (QED) is 0.871. The van der Waals surface area contributed by atoms with Gasteiger partial charge in [-0.25, -0.2) is 0 Å². The van der Waals surface area contributed by atoms with E-state index in [4.69, 9.17) is 0 Å². The van der Waals surface area contributed by atoms with Gasteiger partial charge in [0, 0.05) is 23.9 Å². The molecule has 0 aromatic carbocycles. The lowest BCUT2D eigenvalue weighted by atomic mass is 10.1. The second-order valence-electron chi connectivity index (χ2n) is 4.21. The fourth-order valence-corrected chi connectivity index (χ4v) is 2.80. The van der Waals surface area contributed by atoms with Crippen molar-refractivity contribution in [3.63, 3.8) is 0 Å². The van der Waals surface area contributed by atoms with Crippen LogP contribution >= 0.6 is 11.3 Å². The summed E-state index contributed by atoms with van der Waals surface area (Å²) in [6, 6.07) is 4.63. The van der Waals surface area contributed by atoms with Gasteiger partial charge in [0.25, 0.3) is 0 Å². The maximum absolute atomic E-state index is 11.9. The normalized spacial score (nSPS) is 22.2. The van der Waals surface area contributed by atoms with Crippen molar-refractivity contribution in [2.75, 3.05) is 13.6 Å². The monoisotopic (exact) mass is 238 g/mol. The van der Waals surface area contributed by atoms with Gasteiger partial charge in [-0.3, -0.25) is 4.79 Å². The fourth-order valence-electron chi connectivity index (χ4n) is 2.08. The first-order valence-corrected chi connectivity index (χ1v) is 6.65. The van der Waals surface area contributed by atoms with E-state index in [1.165, 1.54) is 4.88 Å². The number of likely N-dealkylation sites (tertiary alicyclic amines) is 1. The molecule has 1 atom stereocenters. The van der Waals surface area contributed by atoms with Gasteiger partial charge in [0.1, 0.15) is 0 Å². The summed E-state index contributed by atoms with van der Waals surface area (Å²) in [5.41, 5.74) is 0. The Morgan fingerprint density at radius 2 is 2.44 bits per heavy atom. The van der Waals surface area contributed by atoms with Crippen LogP contribution in [-0.4, -0.2) is 30.4 Å². The maximum Gasteiger partial charge on any atom is 0.222 e. The van der Waals surface area contributed by atoms with Gasteiger partial charge >= 0.3 is 0 Å². The van der Waals surface area contributed by atoms with Gasteiger partial charge in [-0.15, -0.1) is 11.3 Å². The van der Waals surface area contributed by atoms with Gasteiger partial charge in [-0.05, 0) is 31.3 Å². The number of thiophene rings is 1. The minimum atomic E-state index is 0.297. The Hall–Kier alpha value is -0.870. The molecule has 2 rings (SSSR count). The van der Waals surface area contributed by atoms with E-state index >= 15 is 0 Å². The summed E-state index contributed by atoms with van der Waals surface area (Å²) < 4.78 is 0. The van der Waals surface area contributed by atoms with Gasteiger partial charge in [0.05, 0.1) is 6.54 Å². The van der Waals surface area contributed by atoms with Gasteiger partial charge in [-0.1, -0.05) is 6.07 Å². The molecule has 1 aliphatic heterocycles. The van der Waals surface area contributed by atoms with Crippen LogP contribution in [-0.2, 0) is 11.3 Å². The number of hydrogen-bond acceptors (Lipinski definition) is 3. The highest BCUT2D eigenvalue weighted by atomic mass is 32.1. The van der Waals surface area contributed by atoms with E-state index in [-0.39, 0.29) is 0 Å². The summed E-state index contributed by atoms with van der Waals surface area (Å²) in [5, 5.41) is 5.33. The molecule has 0 aliphatic carbocycles. The van der Waals surface area contributed by atoms with E-state index in [0.717, 1.165) is 25.9 Å². The Morgan fingerprint density at radius 3 is 3.12 bits per heavy atom. The molecule has 2 heterocycles. The molecule has 0 radical (unpaired) electrons. The summed E-state index contributed by atoms with van der Waals surface area (Å²) in [6.07, 6.45) is 2.71. The number of rotatable bonds is 3. The SMILES string of the molecule is CNC1CCC(=O)N(Cc2cccs2)CC1. The number of nitrogens with one attached hydrogen (secondary N) is 1. The van der Waals surface area contributed by atoms with Crippen molar-refractivity contribution in [1.82, 2.24) is 10.2 Å². The molecule has 0 saturated carbocycles. The molecule has 16 heavy (non-hydrogen) atoms. The predicted molar refractivity (Wildman–Crippen MR) is 66.4 cm³/mol. The Morgan fingerprint density at radius 1 is 1.56 bits per heavy atom. The van der Waals surface area contributed by atoms with Gasteiger partial charge in [0.15, 0.2) is 0 Å². The summed E-state index contributed by atoms with van der Waals surface area (Å²) in [4.78, 5) is 15.2. The second kappa shape index (κ2) is 5.46. The first kappa shape index (κ1) is 11.6. The number of carbonyl (C=O) groups excluding carboxylic acids is 1. The summed E-state index contributed by atoms with van der Waals surface area (Å²) in [7, 11) is 1.98. The molecule has 1 unspecified atom stereocenters. The molecule has 1 aromatic heterocycles. The summed E-state index contributed by atoms with van der Waals surface area (Å²) in [5.74, 6) is 0.297. The van der Waals surface area contributed by atoms with Crippen LogP contribution in [0.4, 0.5) is 0 Å². The van der Waals surface area contributed by atoms with Crippen LogP contribution in [0, 0.1) is 0 Å². The van der Waals surface area contributed by atoms with Crippen LogP contribution in [0.3, 0.4) is 0 Å². The van der Waals surface area contributed by atoms with Crippen molar-refractivity contribution in [2.45, 2.75) is 31.8 Å². The molecule has 3 nitrogen and oxygen atoms in total. The largest absolute Gasteiger partial charge is 0.337 e. The molecule has 88 valence electrons. The standard InChI is InChI=1S/C12H18N2OS/c1-13-10-4-5-12(15)14(7-6-10)9-11-3-2-8-16-11/h2-3,8,10,13H,4-7,9H2,1H3. The Labute approximate surface area is 100 Å². The van der Waals surface area contributed by atoms with Crippen LogP contribution in [0.15, 0.2) is 17.5 Å². The first-order chi connectivity index (χ1) is 7.79.